The number of halogens is 3. The molecular weight excluding hydrogens is 812 g/mol. The number of piperidine rings is 1. The van der Waals surface area contributed by atoms with E-state index in [4.69, 9.17) is 4.98 Å². The van der Waals surface area contributed by atoms with Crippen LogP contribution in [0.5, 0.6) is 0 Å². The molecule has 61 heavy (non-hydrogen) atoms. The van der Waals surface area contributed by atoms with E-state index in [1.807, 2.05) is 0 Å². The highest BCUT2D eigenvalue weighted by molar-refractivity contribution is 7.18. The molecule has 4 aromatic rings. The SMILES string of the molecule is CN(CC1CCC(c2nc3cc(C(C)(C)O)c(NC(=O)c4cccc(C(F)(F)F)n4)cc3s2)CC1)C1CCC(Nc2cccc3c2C(=O)N(C2CCC(=O)NC2=O)C3=O)CC1. The standard InChI is InChI=1S/C44H48F3N7O6S/c1-43(2,60)28-20-32-34(21-31(28)50-38(56)30-8-5-9-35(49-30)44(45,46)47)61-40(51-32)24-12-10-23(11-13-24)22-53(3)26-16-14-25(15-17-26)48-29-7-4-6-27-37(29)42(59)54(41(27)58)33-18-19-36(55)52-39(33)57/h4-9,20-21,23-26,33,48,60H,10-19,22H2,1-3H3,(H,50,56)(H,52,55,57). The fourth-order valence-corrected chi connectivity index (χ4v) is 10.5. The van der Waals surface area contributed by atoms with Crippen LogP contribution in [-0.4, -0.2) is 86.1 Å². The van der Waals surface area contributed by atoms with Gasteiger partial charge in [0.15, 0.2) is 0 Å². The van der Waals surface area contributed by atoms with Gasteiger partial charge in [-0.1, -0.05) is 12.1 Å². The van der Waals surface area contributed by atoms with E-state index in [0.29, 0.717) is 28.7 Å². The molecule has 8 rings (SSSR count). The lowest BCUT2D eigenvalue weighted by molar-refractivity contribution is -0.141. The highest BCUT2D eigenvalue weighted by atomic mass is 32.1. The van der Waals surface area contributed by atoms with Crippen LogP contribution in [-0.2, 0) is 21.4 Å². The largest absolute Gasteiger partial charge is 0.433 e. The number of benzene rings is 2. The number of nitrogens with one attached hydrogen (secondary N) is 3. The molecule has 1 unspecified atom stereocenters. The molecular formula is C44H48F3N7O6S. The molecule has 2 aromatic heterocycles. The van der Waals surface area contributed by atoms with Gasteiger partial charge in [0, 0.05) is 47.9 Å². The summed E-state index contributed by atoms with van der Waals surface area (Å²) in [6.07, 6.45) is 3.26. The molecule has 2 aromatic carbocycles. The highest BCUT2D eigenvalue weighted by Gasteiger charge is 2.46. The average Bonchev–Trinajstić information content (AvgIpc) is 3.75. The van der Waals surface area contributed by atoms with Crippen molar-refractivity contribution in [1.82, 2.24) is 25.1 Å². The summed E-state index contributed by atoms with van der Waals surface area (Å²) >= 11 is 1.53. The molecule has 5 amide bonds. The lowest BCUT2D eigenvalue weighted by Crippen LogP contribution is -2.54. The van der Waals surface area contributed by atoms with Gasteiger partial charge >= 0.3 is 6.18 Å². The number of anilines is 2. The minimum Gasteiger partial charge on any atom is -0.386 e. The number of carbonyl (C=O) groups is 5. The Balaban J connectivity index is 0.846. The monoisotopic (exact) mass is 859 g/mol. The normalized spacial score (nSPS) is 23.7. The number of thiazole rings is 1. The summed E-state index contributed by atoms with van der Waals surface area (Å²) in [4.78, 5) is 76.1. The van der Waals surface area contributed by atoms with Gasteiger partial charge in [0.2, 0.25) is 11.8 Å². The van der Waals surface area contributed by atoms with Gasteiger partial charge in [-0.3, -0.25) is 34.2 Å². The van der Waals surface area contributed by atoms with Crippen molar-refractivity contribution in [2.45, 2.75) is 114 Å². The maximum Gasteiger partial charge on any atom is 0.433 e. The summed E-state index contributed by atoms with van der Waals surface area (Å²) in [6.45, 7) is 4.13. The van der Waals surface area contributed by atoms with Crippen molar-refractivity contribution in [2.24, 2.45) is 5.92 Å². The van der Waals surface area contributed by atoms with Crippen LogP contribution in [0, 0.1) is 5.92 Å². The van der Waals surface area contributed by atoms with Gasteiger partial charge in [-0.2, -0.15) is 13.2 Å². The number of hydrogen-bond acceptors (Lipinski definition) is 11. The van der Waals surface area contributed by atoms with E-state index in [1.54, 1.807) is 44.2 Å². The second kappa shape index (κ2) is 16.5. The minimum atomic E-state index is -4.70. The quantitative estimate of drug-likeness (QED) is 0.119. The van der Waals surface area contributed by atoms with E-state index in [-0.39, 0.29) is 47.3 Å². The van der Waals surface area contributed by atoms with E-state index < -0.39 is 53.0 Å². The number of nitrogens with zero attached hydrogens (tertiary/aromatic N) is 4. The number of aliphatic hydroxyl groups is 1. The summed E-state index contributed by atoms with van der Waals surface area (Å²) in [5.41, 5.74) is -0.449. The lowest BCUT2D eigenvalue weighted by Gasteiger charge is -2.38. The molecule has 4 aliphatic rings. The number of alkyl halides is 3. The Bertz CT molecular complexity index is 2400. The first-order valence-corrected chi connectivity index (χ1v) is 21.6. The van der Waals surface area contributed by atoms with E-state index in [0.717, 1.165) is 84.7 Å². The van der Waals surface area contributed by atoms with Crippen molar-refractivity contribution in [3.63, 3.8) is 0 Å². The third-order valence-electron chi connectivity index (χ3n) is 12.6. The second-order valence-corrected chi connectivity index (χ2v) is 18.4. The highest BCUT2D eigenvalue weighted by Crippen LogP contribution is 2.42. The maximum absolute atomic E-state index is 13.6. The smallest absolute Gasteiger partial charge is 0.386 e. The molecule has 3 fully saturated rings. The molecule has 1 atom stereocenters. The van der Waals surface area contributed by atoms with Gasteiger partial charge in [0.05, 0.1) is 32.0 Å². The molecule has 17 heteroatoms. The van der Waals surface area contributed by atoms with Crippen LogP contribution >= 0.6 is 11.3 Å². The topological polar surface area (TPSA) is 174 Å². The Morgan fingerprint density at radius 3 is 2.33 bits per heavy atom. The summed E-state index contributed by atoms with van der Waals surface area (Å²) in [5.74, 6) is -2.11. The maximum atomic E-state index is 13.6. The predicted molar refractivity (Wildman–Crippen MR) is 222 cm³/mol. The first-order valence-electron chi connectivity index (χ1n) is 20.8. The van der Waals surface area contributed by atoms with Crippen LogP contribution in [0.2, 0.25) is 0 Å². The van der Waals surface area contributed by atoms with Crippen LogP contribution in [0.1, 0.15) is 131 Å². The molecule has 13 nitrogen and oxygen atoms in total. The molecule has 0 bridgehead atoms. The molecule has 1 saturated heterocycles. The van der Waals surface area contributed by atoms with Crippen molar-refractivity contribution in [2.75, 3.05) is 24.2 Å². The van der Waals surface area contributed by atoms with E-state index in [1.165, 1.54) is 17.4 Å². The zero-order valence-corrected chi connectivity index (χ0v) is 34.9. The van der Waals surface area contributed by atoms with Crippen molar-refractivity contribution in [3.8, 4) is 0 Å². The summed E-state index contributed by atoms with van der Waals surface area (Å²) in [7, 11) is 2.19. The second-order valence-electron chi connectivity index (χ2n) is 17.3. The summed E-state index contributed by atoms with van der Waals surface area (Å²) in [6, 6.07) is 11.3. The van der Waals surface area contributed by atoms with Crippen molar-refractivity contribution < 1.29 is 42.3 Å². The fourth-order valence-electron chi connectivity index (χ4n) is 9.35. The number of rotatable bonds is 10. The fraction of sp³-hybridized carbons (Fsp3) is 0.477. The Morgan fingerprint density at radius 1 is 0.918 bits per heavy atom. The van der Waals surface area contributed by atoms with Crippen LogP contribution in [0.4, 0.5) is 24.5 Å². The van der Waals surface area contributed by atoms with Crippen molar-refractivity contribution in [1.29, 1.82) is 0 Å². The number of aromatic nitrogens is 2. The molecule has 2 aliphatic carbocycles. The Hall–Kier alpha value is -5.26. The lowest BCUT2D eigenvalue weighted by atomic mass is 9.81. The molecule has 2 saturated carbocycles. The van der Waals surface area contributed by atoms with E-state index in [9.17, 15) is 42.3 Å². The Kier molecular flexibility index (Phi) is 11.5. The third-order valence-corrected chi connectivity index (χ3v) is 13.8. The number of hydrogen-bond donors (Lipinski definition) is 4. The molecule has 4 heterocycles. The number of carbonyl (C=O) groups excluding carboxylic acids is 5. The number of fused-ring (bicyclic) bond motifs is 2. The average molecular weight is 860 g/mol. The van der Waals surface area contributed by atoms with Crippen LogP contribution in [0.25, 0.3) is 10.2 Å². The Labute approximate surface area is 354 Å². The first kappa shape index (κ1) is 42.4. The zero-order valence-electron chi connectivity index (χ0n) is 34.1. The van der Waals surface area contributed by atoms with Gasteiger partial charge in [0.25, 0.3) is 17.7 Å². The van der Waals surface area contributed by atoms with Crippen molar-refractivity contribution in [3.05, 3.63) is 81.6 Å². The van der Waals surface area contributed by atoms with Gasteiger partial charge in [0.1, 0.15) is 17.4 Å². The van der Waals surface area contributed by atoms with Crippen LogP contribution in [0.15, 0.2) is 48.5 Å². The summed E-state index contributed by atoms with van der Waals surface area (Å²) < 4.78 is 40.6. The van der Waals surface area contributed by atoms with Crippen LogP contribution in [0.3, 0.4) is 0 Å². The molecule has 0 spiro atoms. The molecule has 2 aliphatic heterocycles. The van der Waals surface area contributed by atoms with Gasteiger partial charge < -0.3 is 20.6 Å². The first-order chi connectivity index (χ1) is 28.9. The minimum absolute atomic E-state index is 0.0661. The summed E-state index contributed by atoms with van der Waals surface area (Å²) in [5, 5.41) is 20.4. The Morgan fingerprint density at radius 2 is 1.64 bits per heavy atom. The molecule has 4 N–H and O–H groups in total. The molecule has 322 valence electrons. The number of imide groups is 2. The third kappa shape index (κ3) is 8.77. The number of pyridine rings is 1. The predicted octanol–water partition coefficient (Wildman–Crippen LogP) is 7.22. The molecule has 0 radical (unpaired) electrons. The van der Waals surface area contributed by atoms with Gasteiger partial charge in [-0.25, -0.2) is 9.97 Å². The van der Waals surface area contributed by atoms with Gasteiger partial charge in [-0.15, -0.1) is 11.3 Å². The van der Waals surface area contributed by atoms with Gasteiger partial charge in [-0.05, 0) is 121 Å². The number of amides is 5. The van der Waals surface area contributed by atoms with Crippen molar-refractivity contribution >= 4 is 62.5 Å². The van der Waals surface area contributed by atoms with E-state index >= 15 is 0 Å². The van der Waals surface area contributed by atoms with Crippen LogP contribution < -0.4 is 16.0 Å². The van der Waals surface area contributed by atoms with E-state index in [2.05, 4.69) is 32.9 Å². The zero-order chi connectivity index (χ0) is 43.4.